The summed E-state index contributed by atoms with van der Waals surface area (Å²) in [6.45, 7) is 2.06. The lowest BCUT2D eigenvalue weighted by molar-refractivity contribution is -0.120. The van der Waals surface area contributed by atoms with Gasteiger partial charge in [0.1, 0.15) is 0 Å². The van der Waals surface area contributed by atoms with Gasteiger partial charge in [-0.3, -0.25) is 9.59 Å². The number of rotatable bonds is 6. The monoisotopic (exact) mass is 451 g/mol. The van der Waals surface area contributed by atoms with Crippen LogP contribution in [0.3, 0.4) is 0 Å². The molecule has 1 heterocycles. The lowest BCUT2D eigenvalue weighted by Gasteiger charge is -2.19. The second-order valence-electron chi connectivity index (χ2n) is 7.78. The smallest absolute Gasteiger partial charge is 0.338 e. The van der Waals surface area contributed by atoms with E-state index >= 15 is 0 Å². The molecule has 1 aromatic heterocycles. The zero-order valence-corrected chi connectivity index (χ0v) is 18.7. The second-order valence-corrected chi connectivity index (χ2v) is 8.81. The molecule has 2 aromatic carbocycles. The lowest BCUT2D eigenvalue weighted by atomic mass is 9.89. The Bertz CT molecular complexity index is 1130. The van der Waals surface area contributed by atoms with E-state index in [1.807, 2.05) is 0 Å². The number of carbonyl (C=O) groups excluding carboxylic acids is 3. The number of aromatic nitrogens is 1. The number of hydrogen-bond acceptors (Lipinski definition) is 6. The summed E-state index contributed by atoms with van der Waals surface area (Å²) in [5.74, 6) is -0.565. The number of benzene rings is 2. The predicted octanol–water partition coefficient (Wildman–Crippen LogP) is 5.24. The van der Waals surface area contributed by atoms with Crippen molar-refractivity contribution in [2.24, 2.45) is 5.92 Å². The van der Waals surface area contributed by atoms with Crippen molar-refractivity contribution in [1.29, 1.82) is 0 Å². The largest absolute Gasteiger partial charge is 0.462 e. The normalized spacial score (nSPS) is 14.2. The molecule has 2 amide bonds. The van der Waals surface area contributed by atoms with Crippen molar-refractivity contribution in [2.75, 3.05) is 17.2 Å². The van der Waals surface area contributed by atoms with E-state index in [0.717, 1.165) is 35.9 Å². The fraction of sp³-hybridized carbons (Fsp3) is 0.333. The van der Waals surface area contributed by atoms with Crippen LogP contribution in [0.5, 0.6) is 0 Å². The minimum absolute atomic E-state index is 0.0352. The van der Waals surface area contributed by atoms with Crippen LogP contribution in [-0.4, -0.2) is 29.4 Å². The zero-order chi connectivity index (χ0) is 22.5. The van der Waals surface area contributed by atoms with Crippen molar-refractivity contribution in [3.63, 3.8) is 0 Å². The van der Waals surface area contributed by atoms with Gasteiger partial charge in [-0.1, -0.05) is 30.6 Å². The zero-order valence-electron chi connectivity index (χ0n) is 17.8. The first-order chi connectivity index (χ1) is 15.5. The molecule has 0 atom stereocenters. The van der Waals surface area contributed by atoms with E-state index in [-0.39, 0.29) is 17.7 Å². The van der Waals surface area contributed by atoms with E-state index in [2.05, 4.69) is 15.6 Å². The Morgan fingerprint density at radius 3 is 2.44 bits per heavy atom. The van der Waals surface area contributed by atoms with E-state index in [1.54, 1.807) is 49.4 Å². The Balaban J connectivity index is 1.42. The summed E-state index contributed by atoms with van der Waals surface area (Å²) in [7, 11) is 0. The summed E-state index contributed by atoms with van der Waals surface area (Å²) >= 11 is 1.36. The topological polar surface area (TPSA) is 97.4 Å². The van der Waals surface area contributed by atoms with E-state index < -0.39 is 5.97 Å². The number of hydrogen-bond donors (Lipinski definition) is 2. The number of amides is 2. The Morgan fingerprint density at radius 1 is 1.00 bits per heavy atom. The van der Waals surface area contributed by atoms with Crippen molar-refractivity contribution in [3.8, 4) is 0 Å². The molecule has 32 heavy (non-hydrogen) atoms. The van der Waals surface area contributed by atoms with Crippen molar-refractivity contribution < 1.29 is 19.1 Å². The maximum atomic E-state index is 12.7. The Labute approximate surface area is 190 Å². The van der Waals surface area contributed by atoms with Crippen LogP contribution in [0.25, 0.3) is 10.2 Å². The minimum Gasteiger partial charge on any atom is -0.462 e. The molecule has 0 unspecified atom stereocenters. The van der Waals surface area contributed by atoms with Crippen LogP contribution in [0.1, 0.15) is 59.7 Å². The number of ether oxygens (including phenoxy) is 1. The van der Waals surface area contributed by atoms with Crippen LogP contribution in [0.15, 0.2) is 42.5 Å². The van der Waals surface area contributed by atoms with Crippen molar-refractivity contribution in [1.82, 2.24) is 4.98 Å². The van der Waals surface area contributed by atoms with Gasteiger partial charge in [-0.15, -0.1) is 0 Å². The first-order valence-electron chi connectivity index (χ1n) is 10.8. The molecule has 2 N–H and O–H groups in total. The molecule has 0 spiro atoms. The minimum atomic E-state index is -0.396. The maximum absolute atomic E-state index is 12.7. The lowest BCUT2D eigenvalue weighted by Crippen LogP contribution is -2.24. The van der Waals surface area contributed by atoms with Crippen LogP contribution < -0.4 is 10.6 Å². The van der Waals surface area contributed by atoms with Gasteiger partial charge in [0.05, 0.1) is 22.4 Å². The molecule has 1 aliphatic rings. The first kappa shape index (κ1) is 22.0. The van der Waals surface area contributed by atoms with Gasteiger partial charge in [0, 0.05) is 17.2 Å². The Kier molecular flexibility index (Phi) is 6.80. The van der Waals surface area contributed by atoms with Crippen LogP contribution in [0.2, 0.25) is 0 Å². The van der Waals surface area contributed by atoms with E-state index in [4.69, 9.17) is 4.74 Å². The van der Waals surface area contributed by atoms with Crippen molar-refractivity contribution in [3.05, 3.63) is 53.6 Å². The maximum Gasteiger partial charge on any atom is 0.338 e. The number of esters is 1. The number of thiazole rings is 1. The van der Waals surface area contributed by atoms with Crippen LogP contribution >= 0.6 is 11.3 Å². The van der Waals surface area contributed by atoms with E-state index in [1.165, 1.54) is 17.8 Å². The molecule has 7 nitrogen and oxygen atoms in total. The van der Waals surface area contributed by atoms with Gasteiger partial charge in [-0.25, -0.2) is 9.78 Å². The molecule has 3 aromatic rings. The highest BCUT2D eigenvalue weighted by Crippen LogP contribution is 2.29. The highest BCUT2D eigenvalue weighted by atomic mass is 32.1. The molecule has 8 heteroatoms. The van der Waals surface area contributed by atoms with Crippen LogP contribution in [0, 0.1) is 5.92 Å². The van der Waals surface area contributed by atoms with Crippen molar-refractivity contribution in [2.45, 2.75) is 39.0 Å². The third-order valence-electron chi connectivity index (χ3n) is 5.51. The number of nitrogens with one attached hydrogen (secondary N) is 2. The van der Waals surface area contributed by atoms with Gasteiger partial charge in [0.25, 0.3) is 5.91 Å². The molecule has 0 bridgehead atoms. The third kappa shape index (κ3) is 5.13. The molecular weight excluding hydrogens is 426 g/mol. The van der Waals surface area contributed by atoms with Crippen LogP contribution in [-0.2, 0) is 9.53 Å². The molecule has 1 aliphatic carbocycles. The summed E-state index contributed by atoms with van der Waals surface area (Å²) in [5, 5.41) is 6.33. The van der Waals surface area contributed by atoms with Gasteiger partial charge in [-0.2, -0.15) is 0 Å². The Hall–Kier alpha value is -3.26. The van der Waals surface area contributed by atoms with Crippen molar-refractivity contribution >= 4 is 50.2 Å². The highest BCUT2D eigenvalue weighted by Gasteiger charge is 2.22. The van der Waals surface area contributed by atoms with Gasteiger partial charge < -0.3 is 15.4 Å². The second kappa shape index (κ2) is 9.91. The average molecular weight is 452 g/mol. The quantitative estimate of drug-likeness (QED) is 0.499. The molecule has 1 fully saturated rings. The molecule has 0 saturated heterocycles. The molecule has 4 rings (SSSR count). The Morgan fingerprint density at radius 2 is 1.72 bits per heavy atom. The number of anilines is 2. The number of carbonyl (C=O) groups is 3. The molecular formula is C24H25N3O4S. The summed E-state index contributed by atoms with van der Waals surface area (Å²) < 4.78 is 5.79. The fourth-order valence-corrected chi connectivity index (χ4v) is 4.71. The van der Waals surface area contributed by atoms with Gasteiger partial charge in [-0.05, 0) is 62.2 Å². The van der Waals surface area contributed by atoms with Gasteiger partial charge in [0.15, 0.2) is 5.13 Å². The summed E-state index contributed by atoms with van der Waals surface area (Å²) in [6, 6.07) is 11.8. The average Bonchev–Trinajstić information content (AvgIpc) is 3.21. The van der Waals surface area contributed by atoms with E-state index in [9.17, 15) is 14.4 Å². The van der Waals surface area contributed by atoms with Crippen LogP contribution in [0.4, 0.5) is 10.8 Å². The van der Waals surface area contributed by atoms with Gasteiger partial charge >= 0.3 is 5.97 Å². The highest BCUT2D eigenvalue weighted by molar-refractivity contribution is 7.22. The van der Waals surface area contributed by atoms with E-state index in [0.29, 0.717) is 28.6 Å². The molecule has 0 aliphatic heterocycles. The third-order valence-corrected chi connectivity index (χ3v) is 6.44. The number of fused-ring (bicyclic) bond motifs is 1. The predicted molar refractivity (Wildman–Crippen MR) is 125 cm³/mol. The fourth-order valence-electron chi connectivity index (χ4n) is 3.80. The first-order valence-corrected chi connectivity index (χ1v) is 11.6. The standard InChI is InChI=1S/C24H25N3O4S/c1-2-31-23(30)16-8-11-18(12-9-16)25-22(29)17-10-13-19-20(14-17)32-24(26-19)27-21(28)15-6-4-3-5-7-15/h8-15H,2-7H2,1H3,(H,25,29)(H,26,27,28). The molecule has 166 valence electrons. The molecule has 1 saturated carbocycles. The van der Waals surface area contributed by atoms with Gasteiger partial charge in [0.2, 0.25) is 5.91 Å². The SMILES string of the molecule is CCOC(=O)c1ccc(NC(=O)c2ccc3nc(NC(=O)C4CCCCC4)sc3c2)cc1. The summed E-state index contributed by atoms with van der Waals surface area (Å²) in [4.78, 5) is 41.4. The summed E-state index contributed by atoms with van der Waals surface area (Å²) in [5.41, 5.74) is 2.23. The molecule has 0 radical (unpaired) electrons. The summed E-state index contributed by atoms with van der Waals surface area (Å²) in [6.07, 6.45) is 5.26. The number of nitrogens with zero attached hydrogens (tertiary/aromatic N) is 1.